The molecule has 3 unspecified atom stereocenters. The van der Waals surface area contributed by atoms with Crippen LogP contribution in [0, 0.1) is 11.8 Å². The predicted octanol–water partition coefficient (Wildman–Crippen LogP) is 4.22. The van der Waals surface area contributed by atoms with Crippen molar-refractivity contribution >= 4 is 5.57 Å². The molecule has 0 bridgehead atoms. The van der Waals surface area contributed by atoms with Crippen molar-refractivity contribution in [2.45, 2.75) is 38.3 Å². The molecule has 2 aromatic carbocycles. The van der Waals surface area contributed by atoms with E-state index in [0.717, 1.165) is 38.4 Å². The highest BCUT2D eigenvalue weighted by Gasteiger charge is 2.38. The van der Waals surface area contributed by atoms with Crippen LogP contribution < -0.4 is 0 Å². The van der Waals surface area contributed by atoms with Crippen LogP contribution >= 0.6 is 0 Å². The van der Waals surface area contributed by atoms with Crippen LogP contribution in [-0.2, 0) is 13.0 Å². The second-order valence-corrected chi connectivity index (χ2v) is 9.40. The smallest absolute Gasteiger partial charge is 0.0586 e. The molecule has 3 nitrogen and oxygen atoms in total. The van der Waals surface area contributed by atoms with Gasteiger partial charge in [0.2, 0.25) is 0 Å². The van der Waals surface area contributed by atoms with Crippen LogP contribution in [0.1, 0.15) is 36.0 Å². The summed E-state index contributed by atoms with van der Waals surface area (Å²) in [5.41, 5.74) is 5.83. The van der Waals surface area contributed by atoms with Crippen molar-refractivity contribution in [1.29, 1.82) is 0 Å². The number of aliphatic hydroxyl groups is 1. The number of hydrogen-bond acceptors (Lipinski definition) is 3. The molecule has 2 heterocycles. The standard InChI is InChI=1S/C27H34N2O/c30-20-25-7-4-15-29(25)16-14-21-8-10-23(11-9-21)26-13-12-24-18-28(19-27(24)26)17-22-5-2-1-3-6-22/h1-3,5-6,8-11,13,24-25,27,30H,4,7,12,14-20H2. The third-order valence-electron chi connectivity index (χ3n) is 7.49. The minimum Gasteiger partial charge on any atom is -0.395 e. The molecule has 0 aromatic heterocycles. The van der Waals surface area contributed by atoms with Gasteiger partial charge in [-0.3, -0.25) is 9.80 Å². The summed E-state index contributed by atoms with van der Waals surface area (Å²) in [6.07, 6.45) is 7.17. The number of benzene rings is 2. The molecule has 158 valence electrons. The van der Waals surface area contributed by atoms with Gasteiger partial charge in [0.15, 0.2) is 0 Å². The van der Waals surface area contributed by atoms with E-state index >= 15 is 0 Å². The van der Waals surface area contributed by atoms with Crippen LogP contribution in [0.3, 0.4) is 0 Å². The van der Waals surface area contributed by atoms with E-state index in [1.807, 2.05) is 0 Å². The molecular weight excluding hydrogens is 368 g/mol. The molecule has 3 heteroatoms. The molecule has 0 amide bonds. The van der Waals surface area contributed by atoms with Crippen molar-refractivity contribution in [3.05, 3.63) is 77.4 Å². The number of hydrogen-bond donors (Lipinski definition) is 1. The maximum atomic E-state index is 9.52. The summed E-state index contributed by atoms with van der Waals surface area (Å²) in [5, 5.41) is 9.52. The number of likely N-dealkylation sites (tertiary alicyclic amines) is 2. The first kappa shape index (κ1) is 20.0. The molecule has 2 fully saturated rings. The summed E-state index contributed by atoms with van der Waals surface area (Å²) in [5.74, 6) is 1.48. The number of aliphatic hydroxyl groups excluding tert-OH is 1. The Kier molecular flexibility index (Phi) is 6.03. The maximum absolute atomic E-state index is 9.52. The number of fused-ring (bicyclic) bond motifs is 1. The average molecular weight is 403 g/mol. The molecule has 2 saturated heterocycles. The Morgan fingerprint density at radius 3 is 2.57 bits per heavy atom. The minimum absolute atomic E-state index is 0.303. The first-order valence-electron chi connectivity index (χ1n) is 11.7. The fourth-order valence-electron chi connectivity index (χ4n) is 5.82. The topological polar surface area (TPSA) is 26.7 Å². The highest BCUT2D eigenvalue weighted by atomic mass is 16.3. The van der Waals surface area contributed by atoms with Crippen LogP contribution in [0.25, 0.3) is 5.57 Å². The van der Waals surface area contributed by atoms with E-state index in [4.69, 9.17) is 0 Å². The molecule has 3 aliphatic rings. The fourth-order valence-corrected chi connectivity index (χ4v) is 5.82. The van der Waals surface area contributed by atoms with E-state index < -0.39 is 0 Å². The molecule has 0 spiro atoms. The van der Waals surface area contributed by atoms with Crippen molar-refractivity contribution in [3.8, 4) is 0 Å². The predicted molar refractivity (Wildman–Crippen MR) is 123 cm³/mol. The Hall–Kier alpha value is -1.94. The van der Waals surface area contributed by atoms with Gasteiger partial charge in [0.1, 0.15) is 0 Å². The van der Waals surface area contributed by atoms with Crippen LogP contribution in [0.5, 0.6) is 0 Å². The van der Waals surface area contributed by atoms with E-state index in [9.17, 15) is 5.11 Å². The van der Waals surface area contributed by atoms with Crippen molar-refractivity contribution in [2.24, 2.45) is 11.8 Å². The molecule has 5 rings (SSSR count). The molecule has 2 aromatic rings. The van der Waals surface area contributed by atoms with Gasteiger partial charge >= 0.3 is 0 Å². The monoisotopic (exact) mass is 402 g/mol. The minimum atomic E-state index is 0.303. The lowest BCUT2D eigenvalue weighted by Crippen LogP contribution is -2.33. The molecule has 0 radical (unpaired) electrons. The van der Waals surface area contributed by atoms with Gasteiger partial charge in [0.05, 0.1) is 6.61 Å². The number of allylic oxidation sites excluding steroid dienone is 1. The van der Waals surface area contributed by atoms with Crippen LogP contribution in [0.15, 0.2) is 60.7 Å². The normalized spacial score (nSPS) is 26.8. The summed E-state index contributed by atoms with van der Waals surface area (Å²) < 4.78 is 0. The summed E-state index contributed by atoms with van der Waals surface area (Å²) in [7, 11) is 0. The van der Waals surface area contributed by atoms with E-state index in [2.05, 4.69) is 70.5 Å². The molecule has 1 aliphatic carbocycles. The number of nitrogens with zero attached hydrogens (tertiary/aromatic N) is 2. The van der Waals surface area contributed by atoms with Crippen LogP contribution in [0.4, 0.5) is 0 Å². The van der Waals surface area contributed by atoms with Gasteiger partial charge in [0, 0.05) is 38.1 Å². The highest BCUT2D eigenvalue weighted by molar-refractivity contribution is 5.70. The Morgan fingerprint density at radius 2 is 1.77 bits per heavy atom. The van der Waals surface area contributed by atoms with Crippen molar-refractivity contribution in [3.63, 3.8) is 0 Å². The third-order valence-corrected chi connectivity index (χ3v) is 7.49. The van der Waals surface area contributed by atoms with Gasteiger partial charge < -0.3 is 5.11 Å². The van der Waals surface area contributed by atoms with Crippen molar-refractivity contribution < 1.29 is 5.11 Å². The van der Waals surface area contributed by atoms with Gasteiger partial charge in [-0.05, 0) is 60.4 Å². The zero-order chi connectivity index (χ0) is 20.3. The van der Waals surface area contributed by atoms with Crippen LogP contribution in [-0.4, -0.2) is 53.7 Å². The Bertz CT molecular complexity index is 860. The zero-order valence-electron chi connectivity index (χ0n) is 17.9. The first-order valence-corrected chi connectivity index (χ1v) is 11.7. The van der Waals surface area contributed by atoms with Gasteiger partial charge in [-0.25, -0.2) is 0 Å². The maximum Gasteiger partial charge on any atom is 0.0586 e. The third kappa shape index (κ3) is 4.25. The van der Waals surface area contributed by atoms with E-state index in [-0.39, 0.29) is 0 Å². The lowest BCUT2D eigenvalue weighted by atomic mass is 9.90. The number of rotatable bonds is 7. The zero-order valence-corrected chi connectivity index (χ0v) is 17.9. The van der Waals surface area contributed by atoms with Gasteiger partial charge in [0.25, 0.3) is 0 Å². The quantitative estimate of drug-likeness (QED) is 0.751. The molecule has 2 aliphatic heterocycles. The summed E-state index contributed by atoms with van der Waals surface area (Å²) >= 11 is 0. The average Bonchev–Trinajstić information content (AvgIpc) is 3.49. The fraction of sp³-hybridized carbons (Fsp3) is 0.481. The summed E-state index contributed by atoms with van der Waals surface area (Å²) in [6, 6.07) is 20.6. The lowest BCUT2D eigenvalue weighted by Gasteiger charge is -2.22. The second-order valence-electron chi connectivity index (χ2n) is 9.40. The molecule has 0 saturated carbocycles. The Balaban J connectivity index is 1.18. The van der Waals surface area contributed by atoms with E-state index in [0.29, 0.717) is 18.6 Å². The summed E-state index contributed by atoms with van der Waals surface area (Å²) in [4.78, 5) is 5.09. The molecule has 30 heavy (non-hydrogen) atoms. The van der Waals surface area contributed by atoms with E-state index in [1.54, 1.807) is 5.57 Å². The van der Waals surface area contributed by atoms with Gasteiger partial charge in [-0.15, -0.1) is 0 Å². The van der Waals surface area contributed by atoms with Crippen molar-refractivity contribution in [2.75, 3.05) is 32.8 Å². The molecule has 1 N–H and O–H groups in total. The van der Waals surface area contributed by atoms with Gasteiger partial charge in [-0.1, -0.05) is 60.7 Å². The Morgan fingerprint density at radius 1 is 0.933 bits per heavy atom. The summed E-state index contributed by atoms with van der Waals surface area (Å²) in [6.45, 7) is 5.98. The van der Waals surface area contributed by atoms with Crippen LogP contribution in [0.2, 0.25) is 0 Å². The SMILES string of the molecule is OCC1CCCN1CCc1ccc(C2=CCC3CN(Cc4ccccc4)CC23)cc1. The van der Waals surface area contributed by atoms with Gasteiger partial charge in [-0.2, -0.15) is 0 Å². The second kappa shape index (κ2) is 9.05. The molecule has 3 atom stereocenters. The largest absolute Gasteiger partial charge is 0.395 e. The van der Waals surface area contributed by atoms with Crippen molar-refractivity contribution in [1.82, 2.24) is 9.80 Å². The Labute approximate surface area is 181 Å². The highest BCUT2D eigenvalue weighted by Crippen LogP contribution is 2.43. The lowest BCUT2D eigenvalue weighted by molar-refractivity contribution is 0.160. The van der Waals surface area contributed by atoms with E-state index in [1.165, 1.54) is 42.6 Å². The molecular formula is C27H34N2O. The first-order chi connectivity index (χ1) is 14.8.